The number of carbonyl (C=O) groups excluding carboxylic acids is 1. The molecule has 0 bridgehead atoms. The first-order valence-corrected chi connectivity index (χ1v) is 6.79. The van der Waals surface area contributed by atoms with Gasteiger partial charge in [-0.05, 0) is 44.4 Å². The molecule has 0 spiro atoms. The number of aliphatic hydroxyl groups excluding tert-OH is 1. The highest BCUT2D eigenvalue weighted by Crippen LogP contribution is 2.29. The van der Waals surface area contributed by atoms with Gasteiger partial charge in [0.15, 0.2) is 6.10 Å². The van der Waals surface area contributed by atoms with Crippen molar-refractivity contribution in [1.29, 1.82) is 0 Å². The van der Waals surface area contributed by atoms with Crippen molar-refractivity contribution < 1.29 is 14.6 Å². The molecule has 0 heterocycles. The largest absolute Gasteiger partial charge is 0.479 e. The maximum absolute atomic E-state index is 11.8. The number of halogens is 1. The van der Waals surface area contributed by atoms with E-state index in [0.717, 1.165) is 12.8 Å². The van der Waals surface area contributed by atoms with E-state index in [-0.39, 0.29) is 5.91 Å². The number of rotatable bonds is 5. The Hall–Kier alpha value is -1.26. The van der Waals surface area contributed by atoms with Crippen LogP contribution in [0.25, 0.3) is 0 Å². The summed E-state index contributed by atoms with van der Waals surface area (Å²) in [5.41, 5.74) is 0.715. The summed E-state index contributed by atoms with van der Waals surface area (Å²) in [5.74, 6) is 0.322. The predicted octanol–water partition coefficient (Wildman–Crippen LogP) is 2.44. The molecule has 1 saturated carbocycles. The van der Waals surface area contributed by atoms with Gasteiger partial charge in [-0.1, -0.05) is 17.7 Å². The van der Waals surface area contributed by atoms with Gasteiger partial charge in [0.1, 0.15) is 5.75 Å². The minimum absolute atomic E-state index is 0.127. The summed E-state index contributed by atoms with van der Waals surface area (Å²) < 4.78 is 5.54. The Morgan fingerprint density at radius 2 is 2.16 bits per heavy atom. The van der Waals surface area contributed by atoms with Gasteiger partial charge in [-0.25, -0.2) is 0 Å². The molecule has 1 amide bonds. The van der Waals surface area contributed by atoms with Crippen LogP contribution in [0.3, 0.4) is 0 Å². The van der Waals surface area contributed by atoms with E-state index in [9.17, 15) is 9.90 Å². The molecule has 1 fully saturated rings. The number of hydrogen-bond acceptors (Lipinski definition) is 3. The summed E-state index contributed by atoms with van der Waals surface area (Å²) in [6.45, 7) is 3.36. The maximum Gasteiger partial charge on any atom is 0.260 e. The Kier molecular flexibility index (Phi) is 4.32. The van der Waals surface area contributed by atoms with Gasteiger partial charge >= 0.3 is 0 Å². The Bertz CT molecular complexity index is 472. The standard InChI is InChI=1S/C14H18ClNO3/c1-8(17)10-3-6-13(12(15)7-10)19-9(2)14(18)16-11-4-5-11/h3,6-9,11,17H,4-5H2,1-2H3,(H,16,18)/t8-,9?/m1/s1. The second kappa shape index (κ2) is 5.80. The molecule has 104 valence electrons. The maximum atomic E-state index is 11.8. The number of ether oxygens (including phenoxy) is 1. The summed E-state index contributed by atoms with van der Waals surface area (Å²) >= 11 is 6.07. The fourth-order valence-electron chi connectivity index (χ4n) is 1.66. The van der Waals surface area contributed by atoms with Gasteiger partial charge in [0.2, 0.25) is 0 Å². The van der Waals surface area contributed by atoms with Crippen molar-refractivity contribution in [3.63, 3.8) is 0 Å². The third-order valence-corrected chi connectivity index (χ3v) is 3.33. The van der Waals surface area contributed by atoms with Crippen LogP contribution in [-0.4, -0.2) is 23.2 Å². The number of aliphatic hydroxyl groups is 1. The van der Waals surface area contributed by atoms with Crippen LogP contribution in [0.5, 0.6) is 5.75 Å². The molecule has 2 N–H and O–H groups in total. The average Bonchev–Trinajstić information content (AvgIpc) is 3.15. The van der Waals surface area contributed by atoms with Crippen LogP contribution < -0.4 is 10.1 Å². The molecule has 4 nitrogen and oxygen atoms in total. The van der Waals surface area contributed by atoms with E-state index in [1.54, 1.807) is 32.0 Å². The van der Waals surface area contributed by atoms with Gasteiger partial charge in [0.05, 0.1) is 11.1 Å². The lowest BCUT2D eigenvalue weighted by atomic mass is 10.1. The van der Waals surface area contributed by atoms with E-state index in [2.05, 4.69) is 5.32 Å². The summed E-state index contributed by atoms with van der Waals surface area (Å²) in [4.78, 5) is 11.8. The van der Waals surface area contributed by atoms with Gasteiger partial charge in [-0.2, -0.15) is 0 Å². The normalized spacial score (nSPS) is 17.7. The number of nitrogens with one attached hydrogen (secondary N) is 1. The number of carbonyl (C=O) groups is 1. The number of amides is 1. The molecule has 0 aliphatic heterocycles. The summed E-state index contributed by atoms with van der Waals surface area (Å²) in [6, 6.07) is 5.36. The quantitative estimate of drug-likeness (QED) is 0.873. The van der Waals surface area contributed by atoms with Crippen LogP contribution in [-0.2, 0) is 4.79 Å². The van der Waals surface area contributed by atoms with Crippen LogP contribution in [0, 0.1) is 0 Å². The van der Waals surface area contributed by atoms with Crippen LogP contribution in [0.15, 0.2) is 18.2 Å². The van der Waals surface area contributed by atoms with Crippen molar-refractivity contribution in [3.8, 4) is 5.75 Å². The van der Waals surface area contributed by atoms with E-state index >= 15 is 0 Å². The van der Waals surface area contributed by atoms with Gasteiger partial charge < -0.3 is 15.2 Å². The number of benzene rings is 1. The Morgan fingerprint density at radius 1 is 1.47 bits per heavy atom. The lowest BCUT2D eigenvalue weighted by molar-refractivity contribution is -0.127. The minimum Gasteiger partial charge on any atom is -0.479 e. The van der Waals surface area contributed by atoms with E-state index < -0.39 is 12.2 Å². The van der Waals surface area contributed by atoms with Crippen LogP contribution >= 0.6 is 11.6 Å². The monoisotopic (exact) mass is 283 g/mol. The zero-order valence-electron chi connectivity index (χ0n) is 11.0. The molecule has 2 rings (SSSR count). The molecule has 0 aromatic heterocycles. The fraction of sp³-hybridized carbons (Fsp3) is 0.500. The van der Waals surface area contributed by atoms with Crippen molar-refractivity contribution in [2.24, 2.45) is 0 Å². The summed E-state index contributed by atoms with van der Waals surface area (Å²) in [6.07, 6.45) is 0.919. The fourth-order valence-corrected chi connectivity index (χ4v) is 1.90. The summed E-state index contributed by atoms with van der Waals surface area (Å²) in [5, 5.41) is 12.7. The molecule has 1 aromatic carbocycles. The Balaban J connectivity index is 1.99. The minimum atomic E-state index is -0.588. The molecular weight excluding hydrogens is 266 g/mol. The highest BCUT2D eigenvalue weighted by Gasteiger charge is 2.26. The zero-order chi connectivity index (χ0) is 14.0. The molecule has 1 unspecified atom stereocenters. The molecule has 0 saturated heterocycles. The van der Waals surface area contributed by atoms with E-state index in [0.29, 0.717) is 22.4 Å². The van der Waals surface area contributed by atoms with Crippen molar-refractivity contribution in [3.05, 3.63) is 28.8 Å². The zero-order valence-corrected chi connectivity index (χ0v) is 11.8. The lowest BCUT2D eigenvalue weighted by Gasteiger charge is -2.16. The van der Waals surface area contributed by atoms with E-state index in [1.165, 1.54) is 0 Å². The van der Waals surface area contributed by atoms with Crippen LogP contribution in [0.4, 0.5) is 0 Å². The third-order valence-electron chi connectivity index (χ3n) is 3.04. The van der Waals surface area contributed by atoms with Crippen LogP contribution in [0.2, 0.25) is 5.02 Å². The molecular formula is C14H18ClNO3. The molecule has 5 heteroatoms. The first-order valence-electron chi connectivity index (χ1n) is 6.42. The van der Waals surface area contributed by atoms with Gasteiger partial charge in [-0.15, -0.1) is 0 Å². The van der Waals surface area contributed by atoms with Crippen molar-refractivity contribution >= 4 is 17.5 Å². The average molecular weight is 284 g/mol. The third kappa shape index (κ3) is 3.85. The molecule has 19 heavy (non-hydrogen) atoms. The molecule has 0 radical (unpaired) electrons. The molecule has 2 atom stereocenters. The Morgan fingerprint density at radius 3 is 2.68 bits per heavy atom. The van der Waals surface area contributed by atoms with Crippen LogP contribution in [0.1, 0.15) is 38.4 Å². The first-order chi connectivity index (χ1) is 8.97. The second-order valence-electron chi connectivity index (χ2n) is 4.91. The first kappa shape index (κ1) is 14.2. The predicted molar refractivity (Wildman–Crippen MR) is 73.3 cm³/mol. The molecule has 1 aliphatic carbocycles. The van der Waals surface area contributed by atoms with Crippen molar-refractivity contribution in [1.82, 2.24) is 5.32 Å². The van der Waals surface area contributed by atoms with Gasteiger partial charge in [0.25, 0.3) is 5.91 Å². The molecule has 1 aromatic rings. The topological polar surface area (TPSA) is 58.6 Å². The van der Waals surface area contributed by atoms with Gasteiger partial charge in [0, 0.05) is 6.04 Å². The van der Waals surface area contributed by atoms with Crippen molar-refractivity contribution in [2.75, 3.05) is 0 Å². The van der Waals surface area contributed by atoms with E-state index in [1.807, 2.05) is 0 Å². The highest BCUT2D eigenvalue weighted by atomic mass is 35.5. The lowest BCUT2D eigenvalue weighted by Crippen LogP contribution is -2.37. The second-order valence-corrected chi connectivity index (χ2v) is 5.32. The number of hydrogen-bond donors (Lipinski definition) is 2. The smallest absolute Gasteiger partial charge is 0.260 e. The molecule has 1 aliphatic rings. The van der Waals surface area contributed by atoms with Crippen molar-refractivity contribution in [2.45, 2.75) is 44.9 Å². The highest BCUT2D eigenvalue weighted by molar-refractivity contribution is 6.32. The summed E-state index contributed by atoms with van der Waals surface area (Å²) in [7, 11) is 0. The van der Waals surface area contributed by atoms with Gasteiger partial charge in [-0.3, -0.25) is 4.79 Å². The Labute approximate surface area is 117 Å². The SMILES string of the molecule is CC(Oc1ccc([C@@H](C)O)cc1Cl)C(=O)NC1CC1. The van der Waals surface area contributed by atoms with E-state index in [4.69, 9.17) is 16.3 Å².